The van der Waals surface area contributed by atoms with Gasteiger partial charge in [0.1, 0.15) is 0 Å². The van der Waals surface area contributed by atoms with Crippen LogP contribution in [0.15, 0.2) is 0 Å². The van der Waals surface area contributed by atoms with E-state index in [4.69, 9.17) is 5.73 Å². The van der Waals surface area contributed by atoms with Crippen LogP contribution in [0.2, 0.25) is 0 Å². The molecule has 0 aromatic rings. The quantitative estimate of drug-likeness (QED) is 0.462. The molecular weight excluding hydrogens is 196 g/mol. The fourth-order valence-corrected chi connectivity index (χ4v) is 2.05. The fraction of sp³-hybridized carbons (Fsp3) is 1.00. The Bertz CT molecular complexity index is 192. The van der Waals surface area contributed by atoms with Crippen LogP contribution < -0.4 is 5.73 Å². The lowest BCUT2D eigenvalue weighted by Gasteiger charge is -2.43. The van der Waals surface area contributed by atoms with Crippen LogP contribution >= 0.6 is 0 Å². The highest BCUT2D eigenvalue weighted by Crippen LogP contribution is 2.18. The molecule has 1 heterocycles. The molecule has 90 valence electrons. The Kier molecular flexibility index (Phi) is 4.95. The number of aliphatic hydroxyl groups excluding tert-OH is 3. The Labute approximate surface area is 90.5 Å². The van der Waals surface area contributed by atoms with E-state index < -0.39 is 18.2 Å². The monoisotopic (exact) mass is 218 g/mol. The van der Waals surface area contributed by atoms with Crippen molar-refractivity contribution in [1.82, 2.24) is 4.90 Å². The third kappa shape index (κ3) is 2.89. The molecule has 0 amide bonds. The zero-order valence-corrected chi connectivity index (χ0v) is 9.21. The van der Waals surface area contributed by atoms with Gasteiger partial charge in [-0.1, -0.05) is 13.3 Å². The van der Waals surface area contributed by atoms with Crippen molar-refractivity contribution in [2.45, 2.75) is 44.1 Å². The number of unbranched alkanes of at least 4 members (excludes halogenated alkanes) is 1. The molecule has 1 aliphatic rings. The molecule has 0 radical (unpaired) electrons. The van der Waals surface area contributed by atoms with Crippen molar-refractivity contribution in [3.8, 4) is 0 Å². The van der Waals surface area contributed by atoms with E-state index in [0.717, 1.165) is 19.4 Å². The maximum absolute atomic E-state index is 9.75. The summed E-state index contributed by atoms with van der Waals surface area (Å²) in [6.45, 7) is 3.28. The number of hydrogen-bond donors (Lipinski definition) is 4. The molecule has 5 nitrogen and oxygen atoms in total. The SMILES string of the molecule is CCCCN1C[C@H](N)[C@@H](O)[C@H](O)[C@H]1CO. The maximum atomic E-state index is 9.75. The lowest BCUT2D eigenvalue weighted by molar-refractivity contribution is -0.0988. The van der Waals surface area contributed by atoms with Gasteiger partial charge in [0.25, 0.3) is 0 Å². The van der Waals surface area contributed by atoms with Crippen LogP contribution in [-0.4, -0.2) is 64.2 Å². The summed E-state index contributed by atoms with van der Waals surface area (Å²) >= 11 is 0. The van der Waals surface area contributed by atoms with Crippen molar-refractivity contribution in [3.05, 3.63) is 0 Å². The van der Waals surface area contributed by atoms with Crippen LogP contribution in [0.25, 0.3) is 0 Å². The molecule has 0 aromatic heterocycles. The normalized spacial score (nSPS) is 38.2. The molecule has 0 spiro atoms. The minimum atomic E-state index is -0.949. The molecule has 1 aliphatic heterocycles. The lowest BCUT2D eigenvalue weighted by Crippen LogP contribution is -2.64. The van der Waals surface area contributed by atoms with Crippen LogP contribution in [0.4, 0.5) is 0 Å². The summed E-state index contributed by atoms with van der Waals surface area (Å²) in [6.07, 6.45) is 0.185. The second-order valence-corrected chi connectivity index (χ2v) is 4.24. The second-order valence-electron chi connectivity index (χ2n) is 4.24. The van der Waals surface area contributed by atoms with Crippen molar-refractivity contribution in [2.24, 2.45) is 5.73 Å². The minimum absolute atomic E-state index is 0.144. The summed E-state index contributed by atoms with van der Waals surface area (Å²) in [4.78, 5) is 1.96. The first-order valence-corrected chi connectivity index (χ1v) is 5.58. The first-order chi connectivity index (χ1) is 7.11. The average molecular weight is 218 g/mol. The number of rotatable bonds is 4. The van der Waals surface area contributed by atoms with E-state index in [1.807, 2.05) is 4.90 Å². The largest absolute Gasteiger partial charge is 0.395 e. The maximum Gasteiger partial charge on any atom is 0.0991 e. The molecule has 0 aromatic carbocycles. The summed E-state index contributed by atoms with van der Waals surface area (Å²) in [5.41, 5.74) is 5.71. The highest BCUT2D eigenvalue weighted by atomic mass is 16.3. The van der Waals surface area contributed by atoms with E-state index in [0.29, 0.717) is 6.54 Å². The van der Waals surface area contributed by atoms with Crippen molar-refractivity contribution in [3.63, 3.8) is 0 Å². The predicted molar refractivity (Wildman–Crippen MR) is 57.3 cm³/mol. The Morgan fingerprint density at radius 1 is 1.33 bits per heavy atom. The zero-order valence-electron chi connectivity index (χ0n) is 9.21. The highest BCUT2D eigenvalue weighted by Gasteiger charge is 2.39. The highest BCUT2D eigenvalue weighted by molar-refractivity contribution is 4.95. The summed E-state index contributed by atoms with van der Waals surface area (Å²) in [5, 5.41) is 28.5. The van der Waals surface area contributed by atoms with E-state index in [1.165, 1.54) is 0 Å². The van der Waals surface area contributed by atoms with Crippen molar-refractivity contribution >= 4 is 0 Å². The molecule has 0 saturated carbocycles. The lowest BCUT2D eigenvalue weighted by atomic mass is 9.93. The van der Waals surface area contributed by atoms with E-state index in [2.05, 4.69) is 6.92 Å². The van der Waals surface area contributed by atoms with Gasteiger partial charge in [-0.15, -0.1) is 0 Å². The van der Waals surface area contributed by atoms with Crippen molar-refractivity contribution in [1.29, 1.82) is 0 Å². The van der Waals surface area contributed by atoms with Crippen LogP contribution in [0, 0.1) is 0 Å². The van der Waals surface area contributed by atoms with E-state index in [1.54, 1.807) is 0 Å². The van der Waals surface area contributed by atoms with Gasteiger partial charge in [-0.2, -0.15) is 0 Å². The third-order valence-electron chi connectivity index (χ3n) is 3.08. The Morgan fingerprint density at radius 3 is 2.53 bits per heavy atom. The first-order valence-electron chi connectivity index (χ1n) is 5.58. The van der Waals surface area contributed by atoms with Crippen LogP contribution in [0.1, 0.15) is 19.8 Å². The van der Waals surface area contributed by atoms with Gasteiger partial charge >= 0.3 is 0 Å². The fourth-order valence-electron chi connectivity index (χ4n) is 2.05. The van der Waals surface area contributed by atoms with Gasteiger partial charge in [0.05, 0.1) is 24.9 Å². The molecule has 4 atom stereocenters. The standard InChI is InChI=1S/C10H22N2O3/c1-2-3-4-12-5-7(11)9(14)10(15)8(12)6-13/h7-10,13-15H,2-6,11H2,1H3/t7-,8+,9+,10+/m0/s1. The zero-order chi connectivity index (χ0) is 11.4. The van der Waals surface area contributed by atoms with Crippen LogP contribution in [0.3, 0.4) is 0 Å². The van der Waals surface area contributed by atoms with E-state index in [9.17, 15) is 15.3 Å². The molecule has 1 rings (SSSR count). The summed E-state index contributed by atoms with van der Waals surface area (Å²) in [6, 6.07) is -0.814. The Balaban J connectivity index is 2.60. The van der Waals surface area contributed by atoms with E-state index in [-0.39, 0.29) is 12.6 Å². The molecule has 5 N–H and O–H groups in total. The van der Waals surface area contributed by atoms with Crippen LogP contribution in [-0.2, 0) is 0 Å². The molecular formula is C10H22N2O3. The minimum Gasteiger partial charge on any atom is -0.395 e. The number of aliphatic hydroxyl groups is 3. The van der Waals surface area contributed by atoms with Gasteiger partial charge in [0, 0.05) is 12.6 Å². The molecule has 0 aliphatic carbocycles. The number of nitrogens with zero attached hydrogens (tertiary/aromatic N) is 1. The van der Waals surface area contributed by atoms with Crippen molar-refractivity contribution < 1.29 is 15.3 Å². The average Bonchev–Trinajstić information content (AvgIpc) is 2.23. The number of piperidine rings is 1. The van der Waals surface area contributed by atoms with Crippen LogP contribution in [0.5, 0.6) is 0 Å². The summed E-state index contributed by atoms with van der Waals surface area (Å²) < 4.78 is 0. The Hall–Kier alpha value is -0.200. The molecule has 1 saturated heterocycles. The number of hydrogen-bond acceptors (Lipinski definition) is 5. The molecule has 15 heavy (non-hydrogen) atoms. The number of likely N-dealkylation sites (tertiary alicyclic amines) is 1. The van der Waals surface area contributed by atoms with E-state index >= 15 is 0 Å². The topological polar surface area (TPSA) is 90.0 Å². The molecule has 5 heteroatoms. The van der Waals surface area contributed by atoms with Gasteiger partial charge in [-0.25, -0.2) is 0 Å². The second kappa shape index (κ2) is 5.77. The van der Waals surface area contributed by atoms with Gasteiger partial charge in [-0.3, -0.25) is 4.90 Å². The molecule has 1 fully saturated rings. The summed E-state index contributed by atoms with van der Waals surface area (Å²) in [7, 11) is 0. The molecule has 0 bridgehead atoms. The predicted octanol–water partition coefficient (Wildman–Crippen LogP) is -1.49. The number of nitrogens with two attached hydrogens (primary N) is 1. The van der Waals surface area contributed by atoms with Gasteiger partial charge in [-0.05, 0) is 13.0 Å². The summed E-state index contributed by atoms with van der Waals surface area (Å²) in [5.74, 6) is 0. The smallest absolute Gasteiger partial charge is 0.0991 e. The molecule has 0 unspecified atom stereocenters. The van der Waals surface area contributed by atoms with Gasteiger partial charge in [0.2, 0.25) is 0 Å². The van der Waals surface area contributed by atoms with Gasteiger partial charge in [0.15, 0.2) is 0 Å². The first kappa shape index (κ1) is 12.9. The van der Waals surface area contributed by atoms with Gasteiger partial charge < -0.3 is 21.1 Å². The Morgan fingerprint density at radius 2 is 2.00 bits per heavy atom. The third-order valence-corrected chi connectivity index (χ3v) is 3.08. The van der Waals surface area contributed by atoms with Crippen molar-refractivity contribution in [2.75, 3.05) is 19.7 Å².